The monoisotopic (exact) mass is 200 g/mol. The Morgan fingerprint density at radius 3 is 2.07 bits per heavy atom. The minimum atomic E-state index is -1.04. The number of benzene rings is 1. The predicted octanol–water partition coefficient (Wildman–Crippen LogP) is 2.39. The number of nitrogens with zero attached hydrogens (tertiary/aromatic N) is 2. The van der Waals surface area contributed by atoms with E-state index < -0.39 is 5.41 Å². The van der Waals surface area contributed by atoms with Crippen molar-refractivity contribution >= 4 is 0 Å². The summed E-state index contributed by atoms with van der Waals surface area (Å²) in [5.74, 6) is 0.722. The number of hydrogen-bond acceptors (Lipinski definition) is 3. The maximum atomic E-state index is 9.05. The average Bonchev–Trinajstić information content (AvgIpc) is 2.33. The van der Waals surface area contributed by atoms with Crippen molar-refractivity contribution in [3.8, 4) is 17.9 Å². The van der Waals surface area contributed by atoms with E-state index in [9.17, 15) is 0 Å². The van der Waals surface area contributed by atoms with Crippen molar-refractivity contribution in [2.75, 3.05) is 7.11 Å². The van der Waals surface area contributed by atoms with Crippen LogP contribution in [-0.4, -0.2) is 7.11 Å². The Labute approximate surface area is 89.5 Å². The number of methoxy groups -OCH3 is 1. The van der Waals surface area contributed by atoms with Crippen LogP contribution in [-0.2, 0) is 5.41 Å². The minimum Gasteiger partial charge on any atom is -0.497 e. The third-order valence-corrected chi connectivity index (χ3v) is 2.49. The molecule has 0 aliphatic heterocycles. The van der Waals surface area contributed by atoms with E-state index in [-0.39, 0.29) is 0 Å². The Balaban J connectivity index is 3.16. The first kappa shape index (κ1) is 11.1. The molecule has 1 aromatic rings. The standard InChI is InChI=1S/C12H12N2O/c1-3-12(8-13,9-14)10-4-6-11(15-2)7-5-10/h4-7H,3H2,1-2H3. The molecule has 0 aliphatic rings. The summed E-state index contributed by atoms with van der Waals surface area (Å²) in [6.07, 6.45) is 0.479. The highest BCUT2D eigenvalue weighted by Crippen LogP contribution is 2.27. The van der Waals surface area contributed by atoms with Gasteiger partial charge in [-0.3, -0.25) is 0 Å². The number of hydrogen-bond donors (Lipinski definition) is 0. The van der Waals surface area contributed by atoms with Crippen LogP contribution in [0.25, 0.3) is 0 Å². The second-order valence-electron chi connectivity index (χ2n) is 3.21. The molecule has 1 aromatic carbocycles. The van der Waals surface area contributed by atoms with Gasteiger partial charge in [-0.15, -0.1) is 0 Å². The fourth-order valence-corrected chi connectivity index (χ4v) is 1.39. The van der Waals surface area contributed by atoms with Crippen LogP contribution < -0.4 is 4.74 Å². The second kappa shape index (κ2) is 4.48. The van der Waals surface area contributed by atoms with E-state index in [0.717, 1.165) is 11.3 Å². The largest absolute Gasteiger partial charge is 0.497 e. The molecule has 0 saturated carbocycles. The van der Waals surface area contributed by atoms with Gasteiger partial charge in [0.2, 0.25) is 0 Å². The van der Waals surface area contributed by atoms with E-state index in [4.69, 9.17) is 15.3 Å². The zero-order chi connectivity index (χ0) is 11.3. The summed E-state index contributed by atoms with van der Waals surface area (Å²) in [6, 6.07) is 11.2. The molecule has 3 nitrogen and oxygen atoms in total. The molecule has 0 fully saturated rings. The van der Waals surface area contributed by atoms with Crippen molar-refractivity contribution in [1.82, 2.24) is 0 Å². The van der Waals surface area contributed by atoms with E-state index in [1.54, 1.807) is 31.4 Å². The van der Waals surface area contributed by atoms with Crippen molar-refractivity contribution in [1.29, 1.82) is 10.5 Å². The van der Waals surface area contributed by atoms with Gasteiger partial charge in [0.1, 0.15) is 5.75 Å². The third kappa shape index (κ3) is 1.92. The predicted molar refractivity (Wildman–Crippen MR) is 56.2 cm³/mol. The van der Waals surface area contributed by atoms with E-state index in [1.165, 1.54) is 0 Å². The highest BCUT2D eigenvalue weighted by Gasteiger charge is 2.30. The molecule has 76 valence electrons. The van der Waals surface area contributed by atoms with E-state index in [2.05, 4.69) is 12.1 Å². The SMILES string of the molecule is CCC(C#N)(C#N)c1ccc(OC)cc1. The van der Waals surface area contributed by atoms with Gasteiger partial charge in [-0.2, -0.15) is 10.5 Å². The van der Waals surface area contributed by atoms with Gasteiger partial charge in [-0.25, -0.2) is 0 Å². The van der Waals surface area contributed by atoms with Gasteiger partial charge in [0.05, 0.1) is 19.2 Å². The van der Waals surface area contributed by atoms with Gasteiger partial charge in [0.25, 0.3) is 0 Å². The van der Waals surface area contributed by atoms with Crippen LogP contribution in [0.4, 0.5) is 0 Å². The molecule has 0 heterocycles. The van der Waals surface area contributed by atoms with E-state index in [1.807, 2.05) is 6.92 Å². The molecule has 0 aliphatic carbocycles. The molecule has 1 rings (SSSR count). The van der Waals surface area contributed by atoms with Crippen LogP contribution in [0.5, 0.6) is 5.75 Å². The van der Waals surface area contributed by atoms with Crippen molar-refractivity contribution in [3.63, 3.8) is 0 Å². The molecule has 3 heteroatoms. The molecule has 0 spiro atoms. The summed E-state index contributed by atoms with van der Waals surface area (Å²) < 4.78 is 5.02. The molecular weight excluding hydrogens is 188 g/mol. The van der Waals surface area contributed by atoms with E-state index in [0.29, 0.717) is 6.42 Å². The molecular formula is C12H12N2O. The molecule has 0 aromatic heterocycles. The Hall–Kier alpha value is -2.00. The molecule has 0 amide bonds. The highest BCUT2D eigenvalue weighted by molar-refractivity contribution is 5.42. The van der Waals surface area contributed by atoms with Crippen LogP contribution in [0.3, 0.4) is 0 Å². The second-order valence-corrected chi connectivity index (χ2v) is 3.21. The van der Waals surface area contributed by atoms with Gasteiger partial charge in [0, 0.05) is 0 Å². The zero-order valence-corrected chi connectivity index (χ0v) is 8.82. The fraction of sp³-hybridized carbons (Fsp3) is 0.333. The van der Waals surface area contributed by atoms with Crippen molar-refractivity contribution < 1.29 is 4.74 Å². The molecule has 0 unspecified atom stereocenters. The summed E-state index contributed by atoms with van der Waals surface area (Å²) in [7, 11) is 1.58. The summed E-state index contributed by atoms with van der Waals surface area (Å²) in [5.41, 5.74) is -0.317. The maximum Gasteiger partial charge on any atom is 0.168 e. The lowest BCUT2D eigenvalue weighted by molar-refractivity contribution is 0.414. The topological polar surface area (TPSA) is 56.8 Å². The average molecular weight is 200 g/mol. The lowest BCUT2D eigenvalue weighted by Crippen LogP contribution is -2.20. The molecule has 0 bridgehead atoms. The van der Waals surface area contributed by atoms with Gasteiger partial charge >= 0.3 is 0 Å². The van der Waals surface area contributed by atoms with E-state index >= 15 is 0 Å². The van der Waals surface area contributed by atoms with Crippen LogP contribution in [0.2, 0.25) is 0 Å². The Morgan fingerprint density at radius 2 is 1.73 bits per heavy atom. The van der Waals surface area contributed by atoms with Crippen molar-refractivity contribution in [2.45, 2.75) is 18.8 Å². The summed E-state index contributed by atoms with van der Waals surface area (Å²) >= 11 is 0. The maximum absolute atomic E-state index is 9.05. The van der Waals surface area contributed by atoms with Gasteiger partial charge < -0.3 is 4.74 Å². The first-order chi connectivity index (χ1) is 7.22. The number of rotatable bonds is 3. The van der Waals surface area contributed by atoms with Gasteiger partial charge in [0.15, 0.2) is 5.41 Å². The zero-order valence-electron chi connectivity index (χ0n) is 8.82. The Morgan fingerprint density at radius 1 is 1.20 bits per heavy atom. The normalized spacial score (nSPS) is 10.1. The highest BCUT2D eigenvalue weighted by atomic mass is 16.5. The summed E-state index contributed by atoms with van der Waals surface area (Å²) in [5, 5.41) is 18.1. The molecule has 0 radical (unpaired) electrons. The van der Waals surface area contributed by atoms with Gasteiger partial charge in [-0.05, 0) is 24.1 Å². The smallest absolute Gasteiger partial charge is 0.168 e. The first-order valence-electron chi connectivity index (χ1n) is 4.69. The van der Waals surface area contributed by atoms with Crippen LogP contribution >= 0.6 is 0 Å². The number of ether oxygens (including phenoxy) is 1. The first-order valence-corrected chi connectivity index (χ1v) is 4.69. The molecule has 0 N–H and O–H groups in total. The molecule has 15 heavy (non-hydrogen) atoms. The van der Waals surface area contributed by atoms with Crippen molar-refractivity contribution in [3.05, 3.63) is 29.8 Å². The summed E-state index contributed by atoms with van der Waals surface area (Å²) in [6.45, 7) is 1.83. The van der Waals surface area contributed by atoms with Crippen LogP contribution in [0, 0.1) is 22.7 Å². The number of nitriles is 2. The molecule has 0 atom stereocenters. The fourth-order valence-electron chi connectivity index (χ4n) is 1.39. The lowest BCUT2D eigenvalue weighted by atomic mass is 9.81. The quantitative estimate of drug-likeness (QED) is 0.752. The Bertz CT molecular complexity index is 395. The van der Waals surface area contributed by atoms with Crippen LogP contribution in [0.15, 0.2) is 24.3 Å². The van der Waals surface area contributed by atoms with Crippen molar-refractivity contribution in [2.24, 2.45) is 0 Å². The summed E-state index contributed by atoms with van der Waals surface area (Å²) in [4.78, 5) is 0. The minimum absolute atomic E-state index is 0.479. The Kier molecular flexibility index (Phi) is 3.31. The lowest BCUT2D eigenvalue weighted by Gasteiger charge is -2.16. The molecule has 0 saturated heterocycles. The van der Waals surface area contributed by atoms with Gasteiger partial charge in [-0.1, -0.05) is 19.1 Å². The third-order valence-electron chi connectivity index (χ3n) is 2.49. The van der Waals surface area contributed by atoms with Crippen LogP contribution in [0.1, 0.15) is 18.9 Å².